The lowest BCUT2D eigenvalue weighted by atomic mass is 9.80. The predicted molar refractivity (Wildman–Crippen MR) is 63.7 cm³/mol. The highest BCUT2D eigenvalue weighted by atomic mass is 19.4. The van der Waals surface area contributed by atoms with Crippen molar-refractivity contribution in [3.05, 3.63) is 0 Å². The second-order valence-corrected chi connectivity index (χ2v) is 5.37. The average Bonchev–Trinajstić information content (AvgIpc) is 2.08. The number of nitrogens with one attached hydrogen (secondary N) is 1. The zero-order valence-electron chi connectivity index (χ0n) is 11.8. The maximum Gasteiger partial charge on any atom is 0.522 e. The van der Waals surface area contributed by atoms with Crippen LogP contribution in [0, 0.1) is 0 Å². The lowest BCUT2D eigenvalue weighted by molar-refractivity contribution is -0.324. The van der Waals surface area contributed by atoms with Gasteiger partial charge in [-0.3, -0.25) is 4.74 Å². The van der Waals surface area contributed by atoms with Crippen LogP contribution in [-0.2, 0) is 9.47 Å². The Morgan fingerprint density at radius 3 is 2.10 bits per heavy atom. The van der Waals surface area contributed by atoms with Crippen LogP contribution in [-0.4, -0.2) is 37.7 Å². The first-order valence-electron chi connectivity index (χ1n) is 6.09. The van der Waals surface area contributed by atoms with E-state index in [4.69, 9.17) is 4.74 Å². The molecule has 0 saturated heterocycles. The van der Waals surface area contributed by atoms with Crippen molar-refractivity contribution in [1.29, 1.82) is 0 Å². The van der Waals surface area contributed by atoms with E-state index in [0.29, 0.717) is 0 Å². The molecule has 0 bridgehead atoms. The van der Waals surface area contributed by atoms with E-state index in [0.717, 1.165) is 0 Å². The van der Waals surface area contributed by atoms with Crippen LogP contribution >= 0.6 is 0 Å². The van der Waals surface area contributed by atoms with Gasteiger partial charge in [0.1, 0.15) is 5.60 Å². The number of alkyl halides is 3. The zero-order chi connectivity index (χ0) is 16.9. The summed E-state index contributed by atoms with van der Waals surface area (Å²) < 4.78 is 80.6. The molecular weight excluding hydrogens is 307 g/mol. The average molecular weight is 324 g/mol. The Morgan fingerprint density at radius 1 is 1.19 bits per heavy atom. The third kappa shape index (κ3) is 13.6. The Labute approximate surface area is 118 Å². The molecule has 0 aliphatic rings. The monoisotopic (exact) mass is 324 g/mol. The van der Waals surface area contributed by atoms with Gasteiger partial charge in [0.2, 0.25) is 0 Å². The number of carbonyl (C=O) groups is 1. The van der Waals surface area contributed by atoms with E-state index in [1.165, 1.54) is 20.8 Å². The van der Waals surface area contributed by atoms with Crippen LogP contribution in [0.25, 0.3) is 0 Å². The van der Waals surface area contributed by atoms with E-state index >= 15 is 0 Å². The van der Waals surface area contributed by atoms with E-state index in [1.807, 2.05) is 5.32 Å². The van der Waals surface area contributed by atoms with E-state index in [2.05, 4.69) is 4.74 Å². The molecule has 0 spiro atoms. The molecule has 0 heterocycles. The molecule has 11 heteroatoms. The molecule has 1 N–H and O–H groups in total. The Balaban J connectivity index is 4.50. The minimum absolute atomic E-state index is 0.639. The largest absolute Gasteiger partial charge is 0.522 e. The van der Waals surface area contributed by atoms with Crippen molar-refractivity contribution in [3.8, 4) is 0 Å². The summed E-state index contributed by atoms with van der Waals surface area (Å²) in [4.78, 5) is 11.4. The van der Waals surface area contributed by atoms with Crippen LogP contribution < -0.4 is 5.32 Å². The van der Waals surface area contributed by atoms with Gasteiger partial charge in [0, 0.05) is 6.04 Å². The normalized spacial score (nSPS) is 14.7. The summed E-state index contributed by atoms with van der Waals surface area (Å²) >= 11 is 0. The molecule has 4 nitrogen and oxygen atoms in total. The lowest BCUT2D eigenvalue weighted by Gasteiger charge is -2.26. The van der Waals surface area contributed by atoms with Crippen LogP contribution in [0.3, 0.4) is 0 Å². The van der Waals surface area contributed by atoms with Gasteiger partial charge >= 0.3 is 19.4 Å². The fourth-order valence-corrected chi connectivity index (χ4v) is 1.36. The van der Waals surface area contributed by atoms with Crippen LogP contribution in [0.5, 0.6) is 0 Å². The Hall–Kier alpha value is -1.13. The van der Waals surface area contributed by atoms with Gasteiger partial charge in [-0.25, -0.2) is 4.79 Å². The summed E-state index contributed by atoms with van der Waals surface area (Å²) in [5.41, 5.74) is -0.930. The Bertz CT molecular complexity index is 339. The summed E-state index contributed by atoms with van der Waals surface area (Å²) in [6, 6.07) is -1.54. The minimum atomic E-state index is -5.27. The van der Waals surface area contributed by atoms with Crippen LogP contribution in [0.4, 0.5) is 30.9 Å². The van der Waals surface area contributed by atoms with Crippen molar-refractivity contribution in [2.24, 2.45) is 0 Å². The second kappa shape index (κ2) is 7.23. The SMILES string of the molecule is CC(C)(C)OC(=O)N[C@@H](CCOC(F)(F)F)C[B-](F)(F)F. The topological polar surface area (TPSA) is 47.6 Å². The molecule has 1 atom stereocenters. The number of ether oxygens (including phenoxy) is 2. The maximum absolute atomic E-state index is 12.4. The number of hydrogen-bond acceptors (Lipinski definition) is 3. The molecule has 0 aromatic carbocycles. The van der Waals surface area contributed by atoms with Gasteiger partial charge in [-0.1, -0.05) is 6.32 Å². The molecule has 126 valence electrons. The first-order chi connectivity index (χ1) is 9.18. The van der Waals surface area contributed by atoms with Gasteiger partial charge in [0.25, 0.3) is 0 Å². The van der Waals surface area contributed by atoms with E-state index in [-0.39, 0.29) is 0 Å². The van der Waals surface area contributed by atoms with Gasteiger partial charge in [0.15, 0.2) is 0 Å². The van der Waals surface area contributed by atoms with E-state index in [9.17, 15) is 30.9 Å². The third-order valence-corrected chi connectivity index (χ3v) is 2.00. The summed E-state index contributed by atoms with van der Waals surface area (Å²) in [5, 5.41) is 1.90. The van der Waals surface area contributed by atoms with E-state index in [1.54, 1.807) is 0 Å². The molecule has 1 amide bonds. The molecule has 0 aliphatic heterocycles. The number of alkyl carbamates (subject to hydrolysis) is 1. The highest BCUT2D eigenvalue weighted by Gasteiger charge is 2.32. The van der Waals surface area contributed by atoms with Gasteiger partial charge in [-0.05, 0) is 27.2 Å². The van der Waals surface area contributed by atoms with Crippen LogP contribution in [0.1, 0.15) is 27.2 Å². The van der Waals surface area contributed by atoms with E-state index < -0.39 is 50.4 Å². The van der Waals surface area contributed by atoms with Gasteiger partial charge in [0.05, 0.1) is 6.61 Å². The molecule has 0 radical (unpaired) electrons. The minimum Gasteiger partial charge on any atom is -0.449 e. The summed E-state index contributed by atoms with van der Waals surface area (Å²) in [7, 11) is 0. The highest BCUT2D eigenvalue weighted by molar-refractivity contribution is 6.58. The van der Waals surface area contributed by atoms with Crippen molar-refractivity contribution in [2.75, 3.05) is 6.61 Å². The van der Waals surface area contributed by atoms with Crippen molar-refractivity contribution in [3.63, 3.8) is 0 Å². The molecule has 0 aromatic rings. The van der Waals surface area contributed by atoms with Gasteiger partial charge in [-0.15, -0.1) is 13.2 Å². The van der Waals surface area contributed by atoms with Gasteiger partial charge < -0.3 is 23.0 Å². The molecule has 0 fully saturated rings. The van der Waals surface area contributed by atoms with Crippen molar-refractivity contribution in [1.82, 2.24) is 5.32 Å². The summed E-state index contributed by atoms with van der Waals surface area (Å²) in [6.07, 6.45) is -8.11. The standard InChI is InChI=1S/C10H17BF6NO3/c1-9(2,3)21-8(19)18-7(6-11(15,16)17)4-5-20-10(12,13)14/h7H,4-6H2,1-3H3,(H,18,19)/q-1/t7-/m0/s1. The number of hydrogen-bond donors (Lipinski definition) is 1. The Kier molecular flexibility index (Phi) is 6.85. The highest BCUT2D eigenvalue weighted by Crippen LogP contribution is 2.21. The molecule has 21 heavy (non-hydrogen) atoms. The number of halogens is 6. The summed E-state index contributed by atoms with van der Waals surface area (Å²) in [6.45, 7) is -1.76. The fraction of sp³-hybridized carbons (Fsp3) is 0.900. The molecule has 0 rings (SSSR count). The molecular formula is C10H17BF6NO3-. The smallest absolute Gasteiger partial charge is 0.449 e. The molecule has 0 unspecified atom stereocenters. The maximum atomic E-state index is 12.4. The third-order valence-electron chi connectivity index (χ3n) is 2.00. The fourth-order valence-electron chi connectivity index (χ4n) is 1.36. The Morgan fingerprint density at radius 2 is 1.71 bits per heavy atom. The first kappa shape index (κ1) is 19.9. The van der Waals surface area contributed by atoms with Crippen molar-refractivity contribution in [2.45, 2.75) is 51.5 Å². The lowest BCUT2D eigenvalue weighted by Crippen LogP contribution is -2.42. The van der Waals surface area contributed by atoms with Crippen molar-refractivity contribution < 1.29 is 40.4 Å². The first-order valence-corrected chi connectivity index (χ1v) is 6.09. The van der Waals surface area contributed by atoms with Gasteiger partial charge in [-0.2, -0.15) is 0 Å². The number of amides is 1. The molecule has 0 aliphatic carbocycles. The van der Waals surface area contributed by atoms with Crippen molar-refractivity contribution >= 4 is 13.1 Å². The second-order valence-electron chi connectivity index (χ2n) is 5.37. The predicted octanol–water partition coefficient (Wildman–Crippen LogP) is 3.65. The van der Waals surface area contributed by atoms with Crippen LogP contribution in [0.2, 0.25) is 6.32 Å². The number of rotatable bonds is 6. The molecule has 0 saturated carbocycles. The molecule has 0 aromatic heterocycles. The number of carbonyl (C=O) groups excluding carboxylic acids is 1. The quantitative estimate of drug-likeness (QED) is 0.599. The van der Waals surface area contributed by atoms with Crippen LogP contribution in [0.15, 0.2) is 0 Å². The zero-order valence-corrected chi connectivity index (χ0v) is 11.8. The summed E-state index contributed by atoms with van der Waals surface area (Å²) in [5.74, 6) is 0.